The van der Waals surface area contributed by atoms with Gasteiger partial charge in [-0.3, -0.25) is 0 Å². The SMILES string of the molecule is C=C/C(=C\C=C(/CC)c1cc2nc(NCc3c(Cl)c(OC)cc(OC)c3Cl)cnc2[nH]1)CCC(C)CCNCCC. The van der Waals surface area contributed by atoms with Crippen molar-refractivity contribution in [2.24, 2.45) is 5.92 Å². The van der Waals surface area contributed by atoms with Crippen LogP contribution in [-0.2, 0) is 6.54 Å². The molecule has 0 aliphatic carbocycles. The van der Waals surface area contributed by atoms with E-state index < -0.39 is 0 Å². The molecule has 7 nitrogen and oxygen atoms in total. The molecule has 9 heteroatoms. The second-order valence-electron chi connectivity index (χ2n) is 10.1. The zero-order valence-electron chi connectivity index (χ0n) is 24.9. The molecule has 1 aromatic carbocycles. The van der Waals surface area contributed by atoms with Gasteiger partial charge < -0.3 is 25.1 Å². The largest absolute Gasteiger partial charge is 0.495 e. The van der Waals surface area contributed by atoms with Crippen molar-refractivity contribution in [3.05, 3.63) is 70.0 Å². The van der Waals surface area contributed by atoms with E-state index >= 15 is 0 Å². The molecule has 1 atom stereocenters. The van der Waals surface area contributed by atoms with Gasteiger partial charge in [0.2, 0.25) is 0 Å². The molecule has 222 valence electrons. The Hall–Kier alpha value is -3.00. The van der Waals surface area contributed by atoms with Crippen molar-refractivity contribution >= 4 is 45.8 Å². The Bertz CT molecular complexity index is 1340. The molecule has 0 bridgehead atoms. The highest BCUT2D eigenvalue weighted by atomic mass is 35.5. The van der Waals surface area contributed by atoms with E-state index in [1.165, 1.54) is 24.0 Å². The fourth-order valence-electron chi connectivity index (χ4n) is 4.50. The van der Waals surface area contributed by atoms with E-state index in [9.17, 15) is 0 Å². The molecule has 0 aliphatic heterocycles. The van der Waals surface area contributed by atoms with E-state index in [4.69, 9.17) is 37.7 Å². The van der Waals surface area contributed by atoms with Crippen LogP contribution in [0.15, 0.2) is 48.7 Å². The molecule has 0 saturated carbocycles. The molecule has 0 fully saturated rings. The van der Waals surface area contributed by atoms with Gasteiger partial charge in [-0.2, -0.15) is 0 Å². The first-order valence-corrected chi connectivity index (χ1v) is 15.0. The molecule has 0 saturated heterocycles. The van der Waals surface area contributed by atoms with Crippen LogP contribution < -0.4 is 20.1 Å². The number of anilines is 1. The Balaban J connectivity index is 1.71. The van der Waals surface area contributed by atoms with Crippen molar-refractivity contribution in [1.29, 1.82) is 0 Å². The van der Waals surface area contributed by atoms with Crippen LogP contribution in [0.5, 0.6) is 11.5 Å². The molecule has 3 N–H and O–H groups in total. The van der Waals surface area contributed by atoms with E-state index in [-0.39, 0.29) is 0 Å². The summed E-state index contributed by atoms with van der Waals surface area (Å²) in [5.41, 5.74) is 5.57. The lowest BCUT2D eigenvalue weighted by Gasteiger charge is -2.15. The normalized spacial score (nSPS) is 13.0. The molecule has 0 amide bonds. The van der Waals surface area contributed by atoms with Gasteiger partial charge in [0.15, 0.2) is 5.65 Å². The Morgan fingerprint density at radius 2 is 1.80 bits per heavy atom. The van der Waals surface area contributed by atoms with Gasteiger partial charge in [0.05, 0.1) is 30.5 Å². The van der Waals surface area contributed by atoms with E-state index in [2.05, 4.69) is 60.1 Å². The van der Waals surface area contributed by atoms with Gasteiger partial charge in [-0.15, -0.1) is 0 Å². The summed E-state index contributed by atoms with van der Waals surface area (Å²) in [5, 5.41) is 7.61. The number of nitrogens with zero attached hydrogens (tertiary/aromatic N) is 2. The smallest absolute Gasteiger partial charge is 0.156 e. The molecule has 0 aliphatic rings. The second kappa shape index (κ2) is 16.4. The summed E-state index contributed by atoms with van der Waals surface area (Å²) < 4.78 is 10.7. The number of benzene rings is 1. The van der Waals surface area contributed by atoms with Crippen molar-refractivity contribution in [1.82, 2.24) is 20.3 Å². The van der Waals surface area contributed by atoms with Crippen LogP contribution in [0.1, 0.15) is 64.1 Å². The molecular weight excluding hydrogens is 557 g/mol. The van der Waals surface area contributed by atoms with Crippen molar-refractivity contribution < 1.29 is 9.47 Å². The van der Waals surface area contributed by atoms with Crippen LogP contribution in [0, 0.1) is 5.92 Å². The van der Waals surface area contributed by atoms with Crippen LogP contribution in [0.3, 0.4) is 0 Å². The third kappa shape index (κ3) is 8.99. The number of ether oxygens (including phenoxy) is 2. The fourth-order valence-corrected chi connectivity index (χ4v) is 5.13. The highest BCUT2D eigenvalue weighted by molar-refractivity contribution is 6.37. The number of nitrogens with one attached hydrogen (secondary N) is 3. The molecule has 41 heavy (non-hydrogen) atoms. The van der Waals surface area contributed by atoms with Crippen molar-refractivity contribution in [3.8, 4) is 11.5 Å². The topological polar surface area (TPSA) is 84.1 Å². The number of aromatic nitrogens is 3. The maximum absolute atomic E-state index is 6.52. The summed E-state index contributed by atoms with van der Waals surface area (Å²) in [6.07, 6.45) is 13.4. The molecule has 3 rings (SSSR count). The lowest BCUT2D eigenvalue weighted by Crippen LogP contribution is -2.18. The van der Waals surface area contributed by atoms with Crippen LogP contribution in [0.4, 0.5) is 5.82 Å². The second-order valence-corrected chi connectivity index (χ2v) is 10.8. The maximum atomic E-state index is 6.52. The number of fused-ring (bicyclic) bond motifs is 1. The molecule has 0 spiro atoms. The number of aromatic amines is 1. The Morgan fingerprint density at radius 1 is 1.07 bits per heavy atom. The van der Waals surface area contributed by atoms with Gasteiger partial charge in [-0.05, 0) is 68.3 Å². The minimum atomic E-state index is 0.325. The molecule has 2 aromatic heterocycles. The highest BCUT2D eigenvalue weighted by Crippen LogP contribution is 2.40. The van der Waals surface area contributed by atoms with Gasteiger partial charge in [-0.1, -0.05) is 68.8 Å². The Labute approximate surface area is 254 Å². The van der Waals surface area contributed by atoms with E-state index in [0.29, 0.717) is 45.4 Å². The fraction of sp³-hybridized carbons (Fsp3) is 0.438. The number of methoxy groups -OCH3 is 2. The highest BCUT2D eigenvalue weighted by Gasteiger charge is 2.17. The predicted octanol–water partition coefficient (Wildman–Crippen LogP) is 8.61. The molecule has 2 heterocycles. The number of hydrogen-bond donors (Lipinski definition) is 3. The van der Waals surface area contributed by atoms with E-state index in [1.807, 2.05) is 12.1 Å². The summed E-state index contributed by atoms with van der Waals surface area (Å²) >= 11 is 13.0. The number of halogens is 2. The average molecular weight is 601 g/mol. The van der Waals surface area contributed by atoms with Crippen molar-refractivity contribution in [2.75, 3.05) is 32.6 Å². The van der Waals surface area contributed by atoms with Crippen LogP contribution in [0.2, 0.25) is 10.0 Å². The summed E-state index contributed by atoms with van der Waals surface area (Å²) in [5.74, 6) is 2.25. The zero-order valence-corrected chi connectivity index (χ0v) is 26.4. The third-order valence-corrected chi connectivity index (χ3v) is 7.93. The van der Waals surface area contributed by atoms with Gasteiger partial charge in [0.25, 0.3) is 0 Å². The van der Waals surface area contributed by atoms with Crippen molar-refractivity contribution in [2.45, 2.75) is 59.4 Å². The van der Waals surface area contributed by atoms with Crippen molar-refractivity contribution in [3.63, 3.8) is 0 Å². The number of hydrogen-bond acceptors (Lipinski definition) is 6. The molecular formula is C32H43Cl2N5O2. The lowest BCUT2D eigenvalue weighted by atomic mass is 9.97. The summed E-state index contributed by atoms with van der Waals surface area (Å²) in [7, 11) is 3.10. The maximum Gasteiger partial charge on any atom is 0.156 e. The van der Waals surface area contributed by atoms with Crippen LogP contribution in [-0.4, -0.2) is 42.3 Å². The average Bonchev–Trinajstić information content (AvgIpc) is 3.40. The van der Waals surface area contributed by atoms with Crippen LogP contribution >= 0.6 is 23.2 Å². The number of H-pyrrole nitrogens is 1. The van der Waals surface area contributed by atoms with E-state index in [0.717, 1.165) is 49.2 Å². The lowest BCUT2D eigenvalue weighted by molar-refractivity contribution is 0.394. The minimum Gasteiger partial charge on any atom is -0.495 e. The Morgan fingerprint density at radius 3 is 2.44 bits per heavy atom. The summed E-state index contributed by atoms with van der Waals surface area (Å²) in [6, 6.07) is 3.70. The van der Waals surface area contributed by atoms with Crippen LogP contribution in [0.25, 0.3) is 16.7 Å². The first kappa shape index (κ1) is 32.5. The first-order chi connectivity index (χ1) is 19.8. The predicted molar refractivity (Wildman–Crippen MR) is 174 cm³/mol. The molecule has 3 aromatic rings. The first-order valence-electron chi connectivity index (χ1n) is 14.3. The number of rotatable bonds is 17. The minimum absolute atomic E-state index is 0.325. The Kier molecular flexibility index (Phi) is 13.0. The quantitative estimate of drug-likeness (QED) is 0.106. The molecule has 1 unspecified atom stereocenters. The monoisotopic (exact) mass is 599 g/mol. The summed E-state index contributed by atoms with van der Waals surface area (Å²) in [6.45, 7) is 13.2. The van der Waals surface area contributed by atoms with E-state index in [1.54, 1.807) is 26.5 Å². The van der Waals surface area contributed by atoms with Gasteiger partial charge >= 0.3 is 0 Å². The molecule has 0 radical (unpaired) electrons. The standard InChI is InChI=1S/C32H43Cl2N5O2/c1-7-15-35-16-14-21(4)10-11-22(8-2)12-13-23(9-3)25-17-26-32(39-25)37-20-29(38-26)36-19-24-30(33)27(40-5)18-28(41-6)31(24)34/h8,12-13,17-18,20-21,35H,2,7,9-11,14-16,19H2,1,3-6H3,(H,36,38)(H,37,39)/b22-12+,23-13+. The third-order valence-electron chi connectivity index (χ3n) is 7.10. The van der Waals surface area contributed by atoms with Gasteiger partial charge in [0.1, 0.15) is 22.8 Å². The zero-order chi connectivity index (χ0) is 29.8. The summed E-state index contributed by atoms with van der Waals surface area (Å²) in [4.78, 5) is 12.7. The van der Waals surface area contributed by atoms with Gasteiger partial charge in [0, 0.05) is 23.9 Å². The van der Waals surface area contributed by atoms with Gasteiger partial charge in [-0.25, -0.2) is 9.97 Å². The number of allylic oxidation sites excluding steroid dienone is 5.